The molecule has 1 fully saturated rings. The van der Waals surface area contributed by atoms with Gasteiger partial charge in [-0.1, -0.05) is 13.8 Å². The Morgan fingerprint density at radius 2 is 2.00 bits per heavy atom. The summed E-state index contributed by atoms with van der Waals surface area (Å²) in [5.74, 6) is 0.0427. The minimum Gasteiger partial charge on any atom is -0.435 e. The van der Waals surface area contributed by atoms with Crippen molar-refractivity contribution in [3.63, 3.8) is 0 Å². The molecule has 0 saturated carbocycles. The van der Waals surface area contributed by atoms with Crippen molar-refractivity contribution >= 4 is 11.4 Å². The molecular weight excluding hydrogens is 318 g/mol. The van der Waals surface area contributed by atoms with Gasteiger partial charge in [0.25, 0.3) is 0 Å². The summed E-state index contributed by atoms with van der Waals surface area (Å²) >= 11 is 0. The lowest BCUT2D eigenvalue weighted by Gasteiger charge is -2.23. The van der Waals surface area contributed by atoms with Gasteiger partial charge in [0.05, 0.1) is 13.2 Å². The molecule has 0 bridgehead atoms. The van der Waals surface area contributed by atoms with E-state index in [0.29, 0.717) is 37.4 Å². The third kappa shape index (κ3) is 6.80. The van der Waals surface area contributed by atoms with Crippen LogP contribution in [-0.2, 0) is 9.47 Å². The lowest BCUT2D eigenvalue weighted by molar-refractivity contribution is -0.179. The number of rotatable bonds is 7. The molecule has 0 unspecified atom stereocenters. The molecule has 0 spiro atoms. The lowest BCUT2D eigenvalue weighted by Crippen LogP contribution is -2.27. The molecule has 7 heteroatoms. The molecule has 0 atom stereocenters. The predicted octanol–water partition coefficient (Wildman–Crippen LogP) is 4.27. The standard InChI is InChI=1S/C15H20F2N2O3.C2H6/c1-10(18)12-9-11(22-15(16)17)3-4-13(12)19-6-5-14-20-7-2-8-21-14;1-2/h3-4,9,14-15,18-19H,2,5-8H2,1H3;1-2H3. The zero-order valence-electron chi connectivity index (χ0n) is 14.4. The van der Waals surface area contributed by atoms with Crippen LogP contribution < -0.4 is 10.1 Å². The Bertz CT molecular complexity index is 507. The summed E-state index contributed by atoms with van der Waals surface area (Å²) in [4.78, 5) is 0. The highest BCUT2D eigenvalue weighted by atomic mass is 19.3. The summed E-state index contributed by atoms with van der Waals surface area (Å²) in [7, 11) is 0. The topological polar surface area (TPSA) is 63.6 Å². The van der Waals surface area contributed by atoms with E-state index in [1.807, 2.05) is 13.8 Å². The molecule has 1 aromatic rings. The molecule has 2 N–H and O–H groups in total. The van der Waals surface area contributed by atoms with Gasteiger partial charge in [0.2, 0.25) is 0 Å². The number of benzene rings is 1. The third-order valence-corrected chi connectivity index (χ3v) is 3.21. The molecule has 1 saturated heterocycles. The zero-order chi connectivity index (χ0) is 17.9. The van der Waals surface area contributed by atoms with Gasteiger partial charge < -0.3 is 24.9 Å². The van der Waals surface area contributed by atoms with Gasteiger partial charge in [0, 0.05) is 29.9 Å². The van der Waals surface area contributed by atoms with Crippen molar-refractivity contribution in [2.45, 2.75) is 46.5 Å². The Morgan fingerprint density at radius 1 is 1.33 bits per heavy atom. The number of nitrogens with one attached hydrogen (secondary N) is 2. The molecule has 0 aromatic heterocycles. The van der Waals surface area contributed by atoms with Gasteiger partial charge in [-0.05, 0) is 31.5 Å². The fourth-order valence-corrected chi connectivity index (χ4v) is 2.19. The number of anilines is 1. The Kier molecular flexibility index (Phi) is 9.26. The predicted molar refractivity (Wildman–Crippen MR) is 90.3 cm³/mol. The van der Waals surface area contributed by atoms with Crippen LogP contribution in [0.2, 0.25) is 0 Å². The van der Waals surface area contributed by atoms with E-state index >= 15 is 0 Å². The van der Waals surface area contributed by atoms with Crippen LogP contribution in [0.5, 0.6) is 5.75 Å². The Hall–Kier alpha value is -1.73. The second-order valence-corrected chi connectivity index (χ2v) is 4.95. The van der Waals surface area contributed by atoms with E-state index in [-0.39, 0.29) is 17.8 Å². The molecule has 5 nitrogen and oxygen atoms in total. The van der Waals surface area contributed by atoms with Gasteiger partial charge >= 0.3 is 6.61 Å². The van der Waals surface area contributed by atoms with Gasteiger partial charge in [0.1, 0.15) is 5.75 Å². The van der Waals surface area contributed by atoms with Crippen molar-refractivity contribution in [3.05, 3.63) is 23.8 Å². The molecule has 1 aliphatic heterocycles. The molecule has 1 heterocycles. The lowest BCUT2D eigenvalue weighted by atomic mass is 10.1. The van der Waals surface area contributed by atoms with Crippen LogP contribution in [-0.4, -0.2) is 38.4 Å². The fourth-order valence-electron chi connectivity index (χ4n) is 2.19. The first-order valence-corrected chi connectivity index (χ1v) is 8.17. The van der Waals surface area contributed by atoms with Crippen molar-refractivity contribution in [2.24, 2.45) is 0 Å². The molecule has 1 aliphatic rings. The summed E-state index contributed by atoms with van der Waals surface area (Å²) in [5.41, 5.74) is 1.50. The fraction of sp³-hybridized carbons (Fsp3) is 0.588. The minimum absolute atomic E-state index is 0.0427. The van der Waals surface area contributed by atoms with Crippen LogP contribution in [0.25, 0.3) is 0 Å². The van der Waals surface area contributed by atoms with E-state index in [1.165, 1.54) is 12.1 Å². The van der Waals surface area contributed by atoms with Crippen molar-refractivity contribution in [3.8, 4) is 5.75 Å². The highest BCUT2D eigenvalue weighted by Crippen LogP contribution is 2.24. The SMILES string of the molecule is CC.CC(=N)c1cc(OC(F)F)ccc1NCCC1OCCCO1. The molecule has 136 valence electrons. The van der Waals surface area contributed by atoms with Crippen LogP contribution in [0.1, 0.15) is 39.2 Å². The van der Waals surface area contributed by atoms with Crippen LogP contribution in [0.15, 0.2) is 18.2 Å². The normalized spacial score (nSPS) is 14.8. The summed E-state index contributed by atoms with van der Waals surface area (Å²) in [6, 6.07) is 4.52. The number of alkyl halides is 2. The second-order valence-electron chi connectivity index (χ2n) is 4.95. The third-order valence-electron chi connectivity index (χ3n) is 3.21. The van der Waals surface area contributed by atoms with Gasteiger partial charge in [0.15, 0.2) is 6.29 Å². The highest BCUT2D eigenvalue weighted by Gasteiger charge is 2.14. The van der Waals surface area contributed by atoms with Gasteiger partial charge in [-0.2, -0.15) is 8.78 Å². The monoisotopic (exact) mass is 344 g/mol. The first-order chi connectivity index (χ1) is 11.6. The summed E-state index contributed by atoms with van der Waals surface area (Å²) in [6.07, 6.45) is 1.37. The number of halogens is 2. The average Bonchev–Trinajstić information content (AvgIpc) is 2.58. The first kappa shape index (κ1) is 20.3. The maximum absolute atomic E-state index is 12.2. The van der Waals surface area contributed by atoms with Crippen molar-refractivity contribution in [2.75, 3.05) is 25.1 Å². The largest absolute Gasteiger partial charge is 0.435 e. The molecule has 0 amide bonds. The van der Waals surface area contributed by atoms with E-state index < -0.39 is 6.61 Å². The average molecular weight is 344 g/mol. The second kappa shape index (κ2) is 10.9. The van der Waals surface area contributed by atoms with Crippen LogP contribution in [0.3, 0.4) is 0 Å². The molecular formula is C17H26F2N2O3. The smallest absolute Gasteiger partial charge is 0.387 e. The number of hydrogen-bond donors (Lipinski definition) is 2. The van der Waals surface area contributed by atoms with Gasteiger partial charge in [-0.25, -0.2) is 0 Å². The molecule has 2 rings (SSSR count). The Morgan fingerprint density at radius 3 is 2.58 bits per heavy atom. The summed E-state index contributed by atoms with van der Waals surface area (Å²) in [6.45, 7) is 4.73. The number of ether oxygens (including phenoxy) is 3. The Balaban J connectivity index is 0.00000139. The molecule has 1 aromatic carbocycles. The van der Waals surface area contributed by atoms with E-state index in [4.69, 9.17) is 14.9 Å². The van der Waals surface area contributed by atoms with Crippen LogP contribution in [0.4, 0.5) is 14.5 Å². The summed E-state index contributed by atoms with van der Waals surface area (Å²) < 4.78 is 39.7. The highest BCUT2D eigenvalue weighted by molar-refractivity contribution is 6.01. The maximum atomic E-state index is 12.2. The quantitative estimate of drug-likeness (QED) is 0.725. The van der Waals surface area contributed by atoms with E-state index in [9.17, 15) is 8.78 Å². The molecule has 24 heavy (non-hydrogen) atoms. The van der Waals surface area contributed by atoms with E-state index in [1.54, 1.807) is 13.0 Å². The summed E-state index contributed by atoms with van der Waals surface area (Å²) in [5, 5.41) is 10.9. The van der Waals surface area contributed by atoms with Crippen molar-refractivity contribution < 1.29 is 23.0 Å². The van der Waals surface area contributed by atoms with Crippen LogP contribution in [0, 0.1) is 5.41 Å². The van der Waals surface area contributed by atoms with Crippen molar-refractivity contribution in [1.29, 1.82) is 5.41 Å². The Labute approximate surface area is 141 Å². The first-order valence-electron chi connectivity index (χ1n) is 8.17. The molecule has 0 radical (unpaired) electrons. The zero-order valence-corrected chi connectivity index (χ0v) is 14.4. The van der Waals surface area contributed by atoms with E-state index in [2.05, 4.69) is 10.1 Å². The molecule has 0 aliphatic carbocycles. The van der Waals surface area contributed by atoms with Crippen LogP contribution >= 0.6 is 0 Å². The van der Waals surface area contributed by atoms with Gasteiger partial charge in [-0.15, -0.1) is 0 Å². The van der Waals surface area contributed by atoms with Crippen molar-refractivity contribution in [1.82, 2.24) is 0 Å². The number of hydrogen-bond acceptors (Lipinski definition) is 5. The van der Waals surface area contributed by atoms with Gasteiger partial charge in [-0.3, -0.25) is 0 Å². The maximum Gasteiger partial charge on any atom is 0.387 e. The minimum atomic E-state index is -2.88. The van der Waals surface area contributed by atoms with E-state index in [0.717, 1.165) is 6.42 Å².